The van der Waals surface area contributed by atoms with Crippen LogP contribution in [0.4, 0.5) is 0 Å². The van der Waals surface area contributed by atoms with E-state index in [0.717, 1.165) is 30.9 Å². The topological polar surface area (TPSA) is 39.2 Å². The standard InChI is InChI=1S/C23H37NO2/c1-3-5-7-8-9-11-21-16-17-22(18-24-21)26-23(25)20-14-12-19(13-15-20)10-6-4-2/h16-20H,3-15H2,1-2H3/t19-,20-. The molecule has 0 radical (unpaired) electrons. The fraction of sp³-hybridized carbons (Fsp3) is 0.739. The zero-order chi connectivity index (χ0) is 18.6. The van der Waals surface area contributed by atoms with Crippen LogP contribution in [0.1, 0.15) is 96.6 Å². The van der Waals surface area contributed by atoms with Crippen LogP contribution < -0.4 is 4.74 Å². The van der Waals surface area contributed by atoms with Gasteiger partial charge in [-0.3, -0.25) is 9.78 Å². The zero-order valence-electron chi connectivity index (χ0n) is 16.8. The van der Waals surface area contributed by atoms with E-state index in [2.05, 4.69) is 18.8 Å². The minimum atomic E-state index is -0.0620. The van der Waals surface area contributed by atoms with Crippen molar-refractivity contribution >= 4 is 5.97 Å². The fourth-order valence-electron chi connectivity index (χ4n) is 3.91. The van der Waals surface area contributed by atoms with Crippen molar-refractivity contribution < 1.29 is 9.53 Å². The van der Waals surface area contributed by atoms with Crippen LogP contribution in [0.5, 0.6) is 5.75 Å². The van der Waals surface area contributed by atoms with Gasteiger partial charge in [0.05, 0.1) is 12.1 Å². The summed E-state index contributed by atoms with van der Waals surface area (Å²) < 4.78 is 5.58. The summed E-state index contributed by atoms with van der Waals surface area (Å²) in [6.45, 7) is 4.48. The molecule has 0 unspecified atom stereocenters. The summed E-state index contributed by atoms with van der Waals surface area (Å²) in [4.78, 5) is 16.9. The Hall–Kier alpha value is -1.38. The Morgan fingerprint density at radius 3 is 2.38 bits per heavy atom. The third kappa shape index (κ3) is 7.47. The molecule has 1 aromatic rings. The number of hydrogen-bond acceptors (Lipinski definition) is 3. The second kappa shape index (κ2) is 12.1. The molecule has 3 nitrogen and oxygen atoms in total. The monoisotopic (exact) mass is 359 g/mol. The van der Waals surface area contributed by atoms with E-state index in [4.69, 9.17) is 4.74 Å². The normalized spacial score (nSPS) is 20.1. The Balaban J connectivity index is 1.69. The van der Waals surface area contributed by atoms with Crippen molar-refractivity contribution in [3.63, 3.8) is 0 Å². The van der Waals surface area contributed by atoms with Gasteiger partial charge in [0, 0.05) is 5.69 Å². The predicted molar refractivity (Wildman–Crippen MR) is 107 cm³/mol. The Morgan fingerprint density at radius 1 is 1.00 bits per heavy atom. The van der Waals surface area contributed by atoms with E-state index >= 15 is 0 Å². The first-order chi connectivity index (χ1) is 12.7. The van der Waals surface area contributed by atoms with Crippen molar-refractivity contribution in [1.82, 2.24) is 4.98 Å². The molecule has 0 aromatic carbocycles. The van der Waals surface area contributed by atoms with Crippen LogP contribution in [-0.4, -0.2) is 11.0 Å². The molecule has 146 valence electrons. The highest BCUT2D eigenvalue weighted by atomic mass is 16.5. The molecule has 1 saturated carbocycles. The number of pyridine rings is 1. The van der Waals surface area contributed by atoms with E-state index in [1.54, 1.807) is 6.20 Å². The first-order valence-electron chi connectivity index (χ1n) is 10.9. The lowest BCUT2D eigenvalue weighted by molar-refractivity contribution is -0.140. The van der Waals surface area contributed by atoms with Gasteiger partial charge in [-0.25, -0.2) is 0 Å². The third-order valence-electron chi connectivity index (χ3n) is 5.70. The van der Waals surface area contributed by atoms with E-state index in [0.29, 0.717) is 5.75 Å². The molecule has 3 heteroatoms. The number of carbonyl (C=O) groups is 1. The van der Waals surface area contributed by atoms with E-state index in [-0.39, 0.29) is 11.9 Å². The lowest BCUT2D eigenvalue weighted by Gasteiger charge is -2.27. The first kappa shape index (κ1) is 20.9. The highest BCUT2D eigenvalue weighted by molar-refractivity contribution is 5.75. The molecule has 26 heavy (non-hydrogen) atoms. The lowest BCUT2D eigenvalue weighted by Crippen LogP contribution is -2.25. The van der Waals surface area contributed by atoms with Gasteiger partial charge in [-0.05, 0) is 56.6 Å². The van der Waals surface area contributed by atoms with Crippen LogP contribution in [0.25, 0.3) is 0 Å². The minimum Gasteiger partial charge on any atom is -0.425 e. The predicted octanol–water partition coefficient (Wildman–Crippen LogP) is 6.50. The van der Waals surface area contributed by atoms with Crippen LogP contribution >= 0.6 is 0 Å². The number of ether oxygens (including phenoxy) is 1. The molecule has 2 rings (SSSR count). The van der Waals surface area contributed by atoms with Gasteiger partial charge in [0.25, 0.3) is 0 Å². The SMILES string of the molecule is CCCCCCCc1ccc(OC(=O)[C@H]2CC[C@H](CCCC)CC2)cn1. The molecule has 0 saturated heterocycles. The molecule has 0 spiro atoms. The second-order valence-electron chi connectivity index (χ2n) is 7.93. The van der Waals surface area contributed by atoms with Crippen LogP contribution in [0, 0.1) is 11.8 Å². The molecule has 0 N–H and O–H groups in total. The average molecular weight is 360 g/mol. The molecule has 0 amide bonds. The highest BCUT2D eigenvalue weighted by Gasteiger charge is 2.27. The molecular weight excluding hydrogens is 322 g/mol. The summed E-state index contributed by atoms with van der Waals surface area (Å²) in [5, 5.41) is 0. The van der Waals surface area contributed by atoms with Gasteiger partial charge in [0.15, 0.2) is 0 Å². The number of rotatable bonds is 11. The lowest BCUT2D eigenvalue weighted by atomic mass is 9.80. The number of esters is 1. The molecular formula is C23H37NO2. The van der Waals surface area contributed by atoms with Crippen molar-refractivity contribution in [3.05, 3.63) is 24.0 Å². The van der Waals surface area contributed by atoms with Crippen LogP contribution in [-0.2, 0) is 11.2 Å². The van der Waals surface area contributed by atoms with Crippen molar-refractivity contribution in [3.8, 4) is 5.75 Å². The van der Waals surface area contributed by atoms with Gasteiger partial charge in [0.2, 0.25) is 0 Å². The highest BCUT2D eigenvalue weighted by Crippen LogP contribution is 2.32. The average Bonchev–Trinajstić information content (AvgIpc) is 2.68. The summed E-state index contributed by atoms with van der Waals surface area (Å²) in [5.74, 6) is 1.43. The smallest absolute Gasteiger partial charge is 0.314 e. The van der Waals surface area contributed by atoms with Gasteiger partial charge in [-0.15, -0.1) is 0 Å². The Kier molecular flexibility index (Phi) is 9.73. The third-order valence-corrected chi connectivity index (χ3v) is 5.70. The summed E-state index contributed by atoms with van der Waals surface area (Å²) in [6.07, 6.45) is 17.3. The molecule has 0 bridgehead atoms. The van der Waals surface area contributed by atoms with E-state index in [1.165, 1.54) is 64.2 Å². The Morgan fingerprint density at radius 2 is 1.73 bits per heavy atom. The fourth-order valence-corrected chi connectivity index (χ4v) is 3.91. The summed E-state index contributed by atoms with van der Waals surface area (Å²) in [7, 11) is 0. The van der Waals surface area contributed by atoms with Gasteiger partial charge < -0.3 is 4.74 Å². The zero-order valence-corrected chi connectivity index (χ0v) is 16.8. The van der Waals surface area contributed by atoms with E-state index in [9.17, 15) is 4.79 Å². The molecule has 0 aliphatic heterocycles. The van der Waals surface area contributed by atoms with Crippen molar-refractivity contribution in [2.75, 3.05) is 0 Å². The molecule has 0 atom stereocenters. The van der Waals surface area contributed by atoms with Crippen molar-refractivity contribution in [2.45, 2.75) is 97.3 Å². The van der Waals surface area contributed by atoms with E-state index in [1.807, 2.05) is 12.1 Å². The largest absolute Gasteiger partial charge is 0.425 e. The number of nitrogens with zero attached hydrogens (tertiary/aromatic N) is 1. The maximum atomic E-state index is 12.4. The van der Waals surface area contributed by atoms with Gasteiger partial charge in [-0.1, -0.05) is 58.8 Å². The maximum absolute atomic E-state index is 12.4. The maximum Gasteiger partial charge on any atom is 0.314 e. The molecule has 1 aromatic heterocycles. The quantitative estimate of drug-likeness (QED) is 0.334. The minimum absolute atomic E-state index is 0.0620. The van der Waals surface area contributed by atoms with Crippen molar-refractivity contribution in [1.29, 1.82) is 0 Å². The summed E-state index contributed by atoms with van der Waals surface area (Å²) in [6, 6.07) is 3.91. The van der Waals surface area contributed by atoms with Crippen molar-refractivity contribution in [2.24, 2.45) is 11.8 Å². The number of carbonyl (C=O) groups excluding carboxylic acids is 1. The van der Waals surface area contributed by atoms with Crippen LogP contribution in [0.2, 0.25) is 0 Å². The van der Waals surface area contributed by atoms with Crippen LogP contribution in [0.15, 0.2) is 18.3 Å². The first-order valence-corrected chi connectivity index (χ1v) is 10.9. The molecule has 1 fully saturated rings. The van der Waals surface area contributed by atoms with Gasteiger partial charge >= 0.3 is 5.97 Å². The number of hydrogen-bond donors (Lipinski definition) is 0. The second-order valence-corrected chi connectivity index (χ2v) is 7.93. The summed E-state index contributed by atoms with van der Waals surface area (Å²) >= 11 is 0. The number of aryl methyl sites for hydroxylation is 1. The number of aromatic nitrogens is 1. The molecule has 1 heterocycles. The molecule has 1 aliphatic rings. The number of unbranched alkanes of at least 4 members (excludes halogenated alkanes) is 5. The molecule has 1 aliphatic carbocycles. The van der Waals surface area contributed by atoms with Crippen LogP contribution in [0.3, 0.4) is 0 Å². The van der Waals surface area contributed by atoms with Gasteiger partial charge in [-0.2, -0.15) is 0 Å². The Bertz CT molecular complexity index is 503. The van der Waals surface area contributed by atoms with E-state index < -0.39 is 0 Å². The Labute approximate surface area is 159 Å². The van der Waals surface area contributed by atoms with Gasteiger partial charge in [0.1, 0.15) is 5.75 Å². The summed E-state index contributed by atoms with van der Waals surface area (Å²) in [5.41, 5.74) is 1.10.